The summed E-state index contributed by atoms with van der Waals surface area (Å²) in [6, 6.07) is 6.91. The topological polar surface area (TPSA) is 138 Å². The van der Waals surface area contributed by atoms with Gasteiger partial charge in [0.15, 0.2) is 5.78 Å². The minimum Gasteiger partial charge on any atom is -0.379 e. The fourth-order valence-electron chi connectivity index (χ4n) is 8.30. The minimum atomic E-state index is -0.766. The zero-order valence-electron chi connectivity index (χ0n) is 37.2. The number of benzene rings is 1. The van der Waals surface area contributed by atoms with E-state index in [9.17, 15) is 24.0 Å². The molecular formula is C44H75N5O7. The summed E-state index contributed by atoms with van der Waals surface area (Å²) in [6.45, 7) is 19.7. The predicted molar refractivity (Wildman–Crippen MR) is 222 cm³/mol. The van der Waals surface area contributed by atoms with Crippen LogP contribution >= 0.6 is 0 Å². The maximum Gasteiger partial charge on any atom is 0.245 e. The van der Waals surface area contributed by atoms with Crippen LogP contribution in [-0.4, -0.2) is 128 Å². The zero-order chi connectivity index (χ0) is 42.7. The first-order valence-corrected chi connectivity index (χ1v) is 20.6. The van der Waals surface area contributed by atoms with Gasteiger partial charge in [-0.15, -0.1) is 0 Å². The highest BCUT2D eigenvalue weighted by atomic mass is 16.5. The number of nitrogens with one attached hydrogen (secondary N) is 2. The van der Waals surface area contributed by atoms with Crippen LogP contribution in [0.25, 0.3) is 0 Å². The summed E-state index contributed by atoms with van der Waals surface area (Å²) in [7, 11) is 8.57. The van der Waals surface area contributed by atoms with E-state index in [1.807, 2.05) is 112 Å². The summed E-state index contributed by atoms with van der Waals surface area (Å²) in [6.07, 6.45) is 1.27. The number of ether oxygens (including phenoxy) is 2. The third-order valence-electron chi connectivity index (χ3n) is 11.6. The number of hydrogen-bond acceptors (Lipinski definition) is 8. The van der Waals surface area contributed by atoms with E-state index in [4.69, 9.17) is 9.47 Å². The number of hydrogen-bond donors (Lipinski definition) is 2. The van der Waals surface area contributed by atoms with Gasteiger partial charge in [-0.1, -0.05) is 106 Å². The first-order valence-electron chi connectivity index (χ1n) is 20.6. The number of rotatable bonds is 21. The molecule has 0 aromatic heterocycles. The zero-order valence-corrected chi connectivity index (χ0v) is 37.2. The van der Waals surface area contributed by atoms with Gasteiger partial charge in [0.1, 0.15) is 6.04 Å². The Bertz CT molecular complexity index is 1420. The van der Waals surface area contributed by atoms with Gasteiger partial charge in [0.05, 0.1) is 48.7 Å². The Labute approximate surface area is 338 Å². The molecule has 9 atom stereocenters. The molecule has 12 heteroatoms. The Balaban J connectivity index is 2.32. The highest BCUT2D eigenvalue weighted by Crippen LogP contribution is 2.30. The number of carbonyl (C=O) groups excluding carboxylic acids is 5. The molecule has 1 aliphatic rings. The first-order chi connectivity index (χ1) is 26.1. The number of nitrogens with zero attached hydrogens (tertiary/aromatic N) is 3. The minimum absolute atomic E-state index is 0.0185. The van der Waals surface area contributed by atoms with E-state index in [0.29, 0.717) is 19.4 Å². The van der Waals surface area contributed by atoms with Crippen LogP contribution < -0.4 is 10.6 Å². The number of amides is 4. The van der Waals surface area contributed by atoms with Gasteiger partial charge in [-0.3, -0.25) is 28.9 Å². The molecule has 318 valence electrons. The lowest BCUT2D eigenvalue weighted by molar-refractivity contribution is -0.148. The van der Waals surface area contributed by atoms with E-state index in [-0.39, 0.29) is 59.6 Å². The first kappa shape index (κ1) is 48.8. The predicted octanol–water partition coefficient (Wildman–Crippen LogP) is 4.98. The fraction of sp³-hybridized carbons (Fsp3) is 0.750. The quantitative estimate of drug-likeness (QED) is 0.178. The number of Topliss-reactive ketones (excluding diaryl/α,β-unsaturated/α-hetero) is 1. The highest BCUT2D eigenvalue weighted by Gasteiger charge is 2.44. The SMILES string of the molecule is CCC(C)C([C@@H](CC(=O)N1CCCC1[C@H](OC)[C@@H](C)C(=O)N[C@@H](Cc1ccccc1)C(=O)C(C)(C)C)OC)N(C)C(=O)C(NC(=O)C(C(C)C)N(C)C)C(C)C. The molecule has 0 radical (unpaired) electrons. The van der Waals surface area contributed by atoms with Gasteiger partial charge < -0.3 is 29.9 Å². The van der Waals surface area contributed by atoms with Crippen LogP contribution in [0, 0.1) is 29.1 Å². The third kappa shape index (κ3) is 12.8. The van der Waals surface area contributed by atoms with Gasteiger partial charge in [-0.2, -0.15) is 0 Å². The average molecular weight is 786 g/mol. The summed E-state index contributed by atoms with van der Waals surface area (Å²) in [5, 5.41) is 6.08. The molecular weight excluding hydrogens is 711 g/mol. The summed E-state index contributed by atoms with van der Waals surface area (Å²) in [5.41, 5.74) is 0.282. The maximum absolute atomic E-state index is 14.3. The van der Waals surface area contributed by atoms with Crippen LogP contribution in [0.2, 0.25) is 0 Å². The smallest absolute Gasteiger partial charge is 0.245 e. The second-order valence-corrected chi connectivity index (χ2v) is 17.8. The molecule has 2 N–H and O–H groups in total. The van der Waals surface area contributed by atoms with E-state index in [1.54, 1.807) is 38.0 Å². The van der Waals surface area contributed by atoms with Crippen molar-refractivity contribution in [2.75, 3.05) is 41.9 Å². The lowest BCUT2D eigenvalue weighted by Crippen LogP contribution is -2.59. The molecule has 5 unspecified atom stereocenters. The number of ketones is 1. The van der Waals surface area contributed by atoms with Crippen molar-refractivity contribution in [3.05, 3.63) is 35.9 Å². The van der Waals surface area contributed by atoms with Crippen molar-refractivity contribution in [2.24, 2.45) is 29.1 Å². The normalized spacial score (nSPS) is 19.2. The number of likely N-dealkylation sites (tertiary alicyclic amines) is 1. The molecule has 0 aliphatic carbocycles. The molecule has 1 fully saturated rings. The molecule has 0 spiro atoms. The molecule has 12 nitrogen and oxygen atoms in total. The van der Waals surface area contributed by atoms with Crippen LogP contribution in [0.15, 0.2) is 30.3 Å². The maximum atomic E-state index is 14.3. The Morgan fingerprint density at radius 2 is 1.48 bits per heavy atom. The second-order valence-electron chi connectivity index (χ2n) is 17.8. The van der Waals surface area contributed by atoms with Crippen molar-refractivity contribution in [3.63, 3.8) is 0 Å². The van der Waals surface area contributed by atoms with Crippen LogP contribution in [0.3, 0.4) is 0 Å². The van der Waals surface area contributed by atoms with Crippen LogP contribution in [0.4, 0.5) is 0 Å². The third-order valence-corrected chi connectivity index (χ3v) is 11.6. The molecule has 1 saturated heterocycles. The fourth-order valence-corrected chi connectivity index (χ4v) is 8.30. The lowest BCUT2D eigenvalue weighted by Gasteiger charge is -2.41. The highest BCUT2D eigenvalue weighted by molar-refractivity contribution is 5.93. The van der Waals surface area contributed by atoms with Gasteiger partial charge in [0.2, 0.25) is 23.6 Å². The molecule has 1 aliphatic heterocycles. The Hall–Kier alpha value is -3.35. The molecule has 0 bridgehead atoms. The van der Waals surface area contributed by atoms with Gasteiger partial charge in [0.25, 0.3) is 0 Å². The molecule has 2 rings (SSSR count). The van der Waals surface area contributed by atoms with Gasteiger partial charge in [-0.25, -0.2) is 0 Å². The molecule has 56 heavy (non-hydrogen) atoms. The van der Waals surface area contributed by atoms with Gasteiger partial charge in [-0.05, 0) is 56.7 Å². The van der Waals surface area contributed by atoms with Crippen molar-refractivity contribution in [3.8, 4) is 0 Å². The summed E-state index contributed by atoms with van der Waals surface area (Å²) in [5.74, 6) is -1.78. The van der Waals surface area contributed by atoms with Crippen LogP contribution in [-0.2, 0) is 39.9 Å². The van der Waals surface area contributed by atoms with Crippen molar-refractivity contribution < 1.29 is 33.4 Å². The van der Waals surface area contributed by atoms with E-state index >= 15 is 0 Å². The van der Waals surface area contributed by atoms with E-state index in [1.165, 1.54) is 0 Å². The number of likely N-dealkylation sites (N-methyl/N-ethyl adjacent to an activating group) is 2. The van der Waals surface area contributed by atoms with Crippen LogP contribution in [0.5, 0.6) is 0 Å². The van der Waals surface area contributed by atoms with E-state index in [2.05, 4.69) is 10.6 Å². The van der Waals surface area contributed by atoms with E-state index in [0.717, 1.165) is 18.4 Å². The van der Waals surface area contributed by atoms with Crippen molar-refractivity contribution >= 4 is 29.4 Å². The summed E-state index contributed by atoms with van der Waals surface area (Å²) < 4.78 is 12.0. The van der Waals surface area contributed by atoms with Gasteiger partial charge in [0, 0.05) is 33.2 Å². The molecule has 1 aromatic rings. The average Bonchev–Trinajstić information content (AvgIpc) is 3.62. The number of methoxy groups -OCH3 is 2. The molecule has 1 heterocycles. The second kappa shape index (κ2) is 22.0. The van der Waals surface area contributed by atoms with Gasteiger partial charge >= 0.3 is 0 Å². The monoisotopic (exact) mass is 786 g/mol. The van der Waals surface area contributed by atoms with Crippen LogP contribution in [0.1, 0.15) is 100 Å². The molecule has 4 amide bonds. The summed E-state index contributed by atoms with van der Waals surface area (Å²) >= 11 is 0. The lowest BCUT2D eigenvalue weighted by atomic mass is 9.83. The Morgan fingerprint density at radius 1 is 0.875 bits per heavy atom. The largest absolute Gasteiger partial charge is 0.379 e. The molecule has 1 aromatic carbocycles. The number of carbonyl (C=O) groups is 5. The molecule has 0 saturated carbocycles. The standard InChI is InChI=1S/C44H75N5O7/c1-16-29(6)38(48(13)43(54)36(27(2)3)46-42(53)37(28(4)5)47(11)12)34(55-14)26-35(50)49-24-20-23-33(49)39(56-15)30(7)41(52)45-32(40(51)44(8,9)10)25-31-21-18-17-19-22-31/h17-19,21-22,27-30,32-34,36-39H,16,20,23-26H2,1-15H3,(H,45,52)(H,46,53)/t29?,30-,32+,33?,34-,36?,37?,38?,39-/m1/s1. The van der Waals surface area contributed by atoms with E-state index < -0.39 is 47.7 Å². The Morgan fingerprint density at radius 3 is 1.96 bits per heavy atom. The Kier molecular flexibility index (Phi) is 19.1. The van der Waals surface area contributed by atoms with Crippen molar-refractivity contribution in [1.29, 1.82) is 0 Å². The summed E-state index contributed by atoms with van der Waals surface area (Å²) in [4.78, 5) is 74.8. The van der Waals surface area contributed by atoms with Crippen molar-refractivity contribution in [1.82, 2.24) is 25.3 Å². The van der Waals surface area contributed by atoms with Crippen molar-refractivity contribution in [2.45, 2.75) is 144 Å².